The molecule has 1 unspecified atom stereocenters. The van der Waals surface area contributed by atoms with Crippen LogP contribution in [0.25, 0.3) is 0 Å². The van der Waals surface area contributed by atoms with Gasteiger partial charge in [0, 0.05) is 13.2 Å². The van der Waals surface area contributed by atoms with Crippen LogP contribution in [0.5, 0.6) is 0 Å². The van der Waals surface area contributed by atoms with Crippen LogP contribution >= 0.6 is 0 Å². The highest BCUT2D eigenvalue weighted by Gasteiger charge is 2.21. The molecule has 1 rings (SSSR count). The fourth-order valence-electron chi connectivity index (χ4n) is 1.92. The van der Waals surface area contributed by atoms with E-state index in [1.54, 1.807) is 0 Å². The third kappa shape index (κ3) is 3.64. The molecular formula is C10H19NO3. The molecule has 0 bridgehead atoms. The van der Waals surface area contributed by atoms with Gasteiger partial charge < -0.3 is 15.1 Å². The molecule has 0 aromatic heterocycles. The molecule has 4 heteroatoms. The van der Waals surface area contributed by atoms with Gasteiger partial charge in [0.05, 0.1) is 5.92 Å². The van der Waals surface area contributed by atoms with Crippen molar-refractivity contribution in [2.45, 2.75) is 25.7 Å². The summed E-state index contributed by atoms with van der Waals surface area (Å²) in [7, 11) is 0. The number of aliphatic carboxylic acids is 1. The molecule has 0 aromatic rings. The molecule has 1 aliphatic heterocycles. The standard InChI is InChI=1S/C10H19NO3/c12-8-2-6-11-5-1-3-9(4-7-11)10(13)14/h9,12H,1-8H2,(H,13,14). The van der Waals surface area contributed by atoms with E-state index in [1.165, 1.54) is 0 Å². The van der Waals surface area contributed by atoms with E-state index in [0.29, 0.717) is 0 Å². The highest BCUT2D eigenvalue weighted by atomic mass is 16.4. The Morgan fingerprint density at radius 1 is 1.36 bits per heavy atom. The lowest BCUT2D eigenvalue weighted by Gasteiger charge is -2.18. The largest absolute Gasteiger partial charge is 0.481 e. The first-order valence-corrected chi connectivity index (χ1v) is 5.30. The van der Waals surface area contributed by atoms with Gasteiger partial charge in [-0.05, 0) is 38.8 Å². The van der Waals surface area contributed by atoms with Gasteiger partial charge in [-0.15, -0.1) is 0 Å². The normalized spacial score (nSPS) is 24.5. The number of hydrogen-bond donors (Lipinski definition) is 2. The van der Waals surface area contributed by atoms with Crippen LogP contribution in [0.1, 0.15) is 25.7 Å². The number of nitrogens with zero attached hydrogens (tertiary/aromatic N) is 1. The highest BCUT2D eigenvalue weighted by molar-refractivity contribution is 5.69. The summed E-state index contributed by atoms with van der Waals surface area (Å²) in [5.74, 6) is -0.817. The summed E-state index contributed by atoms with van der Waals surface area (Å²) in [6.07, 6.45) is 3.30. The van der Waals surface area contributed by atoms with E-state index in [-0.39, 0.29) is 12.5 Å². The van der Waals surface area contributed by atoms with E-state index < -0.39 is 5.97 Å². The lowest BCUT2D eigenvalue weighted by molar-refractivity contribution is -0.142. The molecule has 0 radical (unpaired) electrons. The molecule has 0 spiro atoms. The molecule has 1 aliphatic rings. The van der Waals surface area contributed by atoms with Crippen LogP contribution in [-0.4, -0.2) is 47.3 Å². The molecule has 0 aliphatic carbocycles. The summed E-state index contributed by atoms with van der Waals surface area (Å²) in [5, 5.41) is 17.6. The number of likely N-dealkylation sites (tertiary alicyclic amines) is 1. The maximum Gasteiger partial charge on any atom is 0.306 e. The Morgan fingerprint density at radius 3 is 2.79 bits per heavy atom. The first-order valence-electron chi connectivity index (χ1n) is 5.30. The van der Waals surface area contributed by atoms with E-state index in [1.807, 2.05) is 0 Å². The summed E-state index contributed by atoms with van der Waals surface area (Å²) in [4.78, 5) is 13.0. The summed E-state index contributed by atoms with van der Waals surface area (Å²) < 4.78 is 0. The second-order valence-electron chi connectivity index (χ2n) is 3.88. The average Bonchev–Trinajstić information content (AvgIpc) is 2.39. The molecule has 0 aromatic carbocycles. The lowest BCUT2D eigenvalue weighted by Crippen LogP contribution is -2.27. The first kappa shape index (κ1) is 11.5. The summed E-state index contributed by atoms with van der Waals surface area (Å²) in [6.45, 7) is 2.95. The van der Waals surface area contributed by atoms with Crippen LogP contribution in [0, 0.1) is 5.92 Å². The number of carbonyl (C=O) groups is 1. The fourth-order valence-corrected chi connectivity index (χ4v) is 1.92. The SMILES string of the molecule is O=C(O)C1CCCN(CCCO)CC1. The van der Waals surface area contributed by atoms with Gasteiger partial charge >= 0.3 is 5.97 Å². The summed E-state index contributed by atoms with van der Waals surface area (Å²) in [5.41, 5.74) is 0. The monoisotopic (exact) mass is 201 g/mol. The van der Waals surface area contributed by atoms with Crippen LogP contribution in [0.3, 0.4) is 0 Å². The molecule has 2 N–H and O–H groups in total. The topological polar surface area (TPSA) is 60.8 Å². The molecule has 82 valence electrons. The van der Waals surface area contributed by atoms with Crippen molar-refractivity contribution >= 4 is 5.97 Å². The second-order valence-corrected chi connectivity index (χ2v) is 3.88. The van der Waals surface area contributed by atoms with Gasteiger partial charge in [0.2, 0.25) is 0 Å². The smallest absolute Gasteiger partial charge is 0.306 e. The Bertz CT molecular complexity index is 184. The van der Waals surface area contributed by atoms with E-state index in [0.717, 1.165) is 45.3 Å². The molecule has 1 saturated heterocycles. The minimum atomic E-state index is -0.658. The van der Waals surface area contributed by atoms with Gasteiger partial charge in [-0.2, -0.15) is 0 Å². The van der Waals surface area contributed by atoms with Crippen LogP contribution in [-0.2, 0) is 4.79 Å². The fraction of sp³-hybridized carbons (Fsp3) is 0.900. The van der Waals surface area contributed by atoms with Gasteiger partial charge in [0.1, 0.15) is 0 Å². The minimum Gasteiger partial charge on any atom is -0.481 e. The molecule has 1 heterocycles. The van der Waals surface area contributed by atoms with Crippen LogP contribution in [0.4, 0.5) is 0 Å². The van der Waals surface area contributed by atoms with E-state index in [4.69, 9.17) is 10.2 Å². The highest BCUT2D eigenvalue weighted by Crippen LogP contribution is 2.17. The zero-order valence-electron chi connectivity index (χ0n) is 8.48. The van der Waals surface area contributed by atoms with Gasteiger partial charge in [-0.25, -0.2) is 0 Å². The Kier molecular flexibility index (Phi) is 4.90. The maximum atomic E-state index is 10.8. The Morgan fingerprint density at radius 2 is 2.14 bits per heavy atom. The van der Waals surface area contributed by atoms with Crippen LogP contribution in [0.2, 0.25) is 0 Å². The van der Waals surface area contributed by atoms with Crippen molar-refractivity contribution in [2.75, 3.05) is 26.2 Å². The second kappa shape index (κ2) is 5.98. The molecule has 4 nitrogen and oxygen atoms in total. The van der Waals surface area contributed by atoms with Crippen LogP contribution < -0.4 is 0 Å². The van der Waals surface area contributed by atoms with E-state index in [9.17, 15) is 4.79 Å². The maximum absolute atomic E-state index is 10.8. The first-order chi connectivity index (χ1) is 6.74. The van der Waals surface area contributed by atoms with Gasteiger partial charge in [-0.1, -0.05) is 0 Å². The summed E-state index contributed by atoms with van der Waals surface area (Å²) >= 11 is 0. The van der Waals surface area contributed by atoms with Crippen molar-refractivity contribution in [3.05, 3.63) is 0 Å². The lowest BCUT2D eigenvalue weighted by atomic mass is 10.0. The van der Waals surface area contributed by atoms with Gasteiger partial charge in [0.25, 0.3) is 0 Å². The molecule has 0 amide bonds. The average molecular weight is 201 g/mol. The van der Waals surface area contributed by atoms with Crippen molar-refractivity contribution in [1.82, 2.24) is 4.90 Å². The van der Waals surface area contributed by atoms with Gasteiger partial charge in [0.15, 0.2) is 0 Å². The number of hydrogen-bond acceptors (Lipinski definition) is 3. The number of carboxylic acids is 1. The summed E-state index contributed by atoms with van der Waals surface area (Å²) in [6, 6.07) is 0. The van der Waals surface area contributed by atoms with Crippen molar-refractivity contribution in [3.63, 3.8) is 0 Å². The third-order valence-corrected chi connectivity index (χ3v) is 2.80. The minimum absolute atomic E-state index is 0.158. The zero-order valence-corrected chi connectivity index (χ0v) is 8.48. The number of rotatable bonds is 4. The number of aliphatic hydroxyl groups excluding tert-OH is 1. The number of aliphatic hydroxyl groups is 1. The van der Waals surface area contributed by atoms with E-state index in [2.05, 4.69) is 4.90 Å². The predicted octanol–water partition coefficient (Wildman–Crippen LogP) is 0.556. The molecule has 14 heavy (non-hydrogen) atoms. The Hall–Kier alpha value is -0.610. The molecule has 0 saturated carbocycles. The molecule has 1 atom stereocenters. The van der Waals surface area contributed by atoms with Crippen molar-refractivity contribution in [2.24, 2.45) is 5.92 Å². The Labute approximate surface area is 84.5 Å². The Balaban J connectivity index is 2.29. The number of carboxylic acid groups (broad SMARTS) is 1. The molecular weight excluding hydrogens is 182 g/mol. The zero-order chi connectivity index (χ0) is 10.4. The van der Waals surface area contributed by atoms with Crippen molar-refractivity contribution in [1.29, 1.82) is 0 Å². The quantitative estimate of drug-likeness (QED) is 0.697. The van der Waals surface area contributed by atoms with Crippen molar-refractivity contribution < 1.29 is 15.0 Å². The third-order valence-electron chi connectivity index (χ3n) is 2.80. The van der Waals surface area contributed by atoms with E-state index >= 15 is 0 Å². The molecule has 1 fully saturated rings. The predicted molar refractivity (Wildman–Crippen MR) is 53.1 cm³/mol. The van der Waals surface area contributed by atoms with Crippen molar-refractivity contribution in [3.8, 4) is 0 Å². The van der Waals surface area contributed by atoms with Gasteiger partial charge in [-0.3, -0.25) is 4.79 Å². The van der Waals surface area contributed by atoms with Crippen LogP contribution in [0.15, 0.2) is 0 Å².